The van der Waals surface area contributed by atoms with E-state index >= 15 is 0 Å². The Labute approximate surface area is 298 Å². The Balaban J connectivity index is 1.51. The van der Waals surface area contributed by atoms with Gasteiger partial charge in [0.15, 0.2) is 0 Å². The second-order valence-corrected chi connectivity index (χ2v) is 22.4. The van der Waals surface area contributed by atoms with Gasteiger partial charge in [0, 0.05) is 32.2 Å². The lowest BCUT2D eigenvalue weighted by atomic mass is 9.94. The molecule has 1 saturated carbocycles. The number of carbonyl (C=O) groups is 1. The molecule has 2 aliphatic rings. The van der Waals surface area contributed by atoms with Gasteiger partial charge in [0.2, 0.25) is 5.88 Å². The van der Waals surface area contributed by atoms with E-state index in [0.717, 1.165) is 72.3 Å². The van der Waals surface area contributed by atoms with Crippen LogP contribution in [0, 0.1) is 13.8 Å². The minimum Gasteiger partial charge on any atom is -0.360 e. The Morgan fingerprint density at radius 3 is 2.44 bits per heavy atom. The lowest BCUT2D eigenvalue weighted by Crippen LogP contribution is -2.40. The van der Waals surface area contributed by atoms with Gasteiger partial charge in [0.25, 0.3) is 15.9 Å². The van der Waals surface area contributed by atoms with E-state index in [4.69, 9.17) is 14.3 Å². The van der Waals surface area contributed by atoms with Crippen molar-refractivity contribution < 1.29 is 26.9 Å². The summed E-state index contributed by atoms with van der Waals surface area (Å²) in [7, 11) is -5.64. The summed E-state index contributed by atoms with van der Waals surface area (Å²) in [5.41, 5.74) is 3.51. The van der Waals surface area contributed by atoms with Gasteiger partial charge >= 0.3 is 0 Å². The van der Waals surface area contributed by atoms with E-state index in [-0.39, 0.29) is 29.8 Å². The van der Waals surface area contributed by atoms with Crippen molar-refractivity contribution in [2.45, 2.75) is 121 Å². The van der Waals surface area contributed by atoms with Gasteiger partial charge in [-0.25, -0.2) is 12.7 Å². The first kappa shape index (κ1) is 37.9. The molecule has 1 spiro atoms. The second kappa shape index (κ2) is 15.9. The van der Waals surface area contributed by atoms with Crippen molar-refractivity contribution in [2.24, 2.45) is 4.99 Å². The maximum absolute atomic E-state index is 14.6. The van der Waals surface area contributed by atoms with Crippen LogP contribution in [0.25, 0.3) is 11.1 Å². The Morgan fingerprint density at radius 1 is 1.04 bits per heavy atom. The van der Waals surface area contributed by atoms with Crippen molar-refractivity contribution in [3.63, 3.8) is 0 Å². The van der Waals surface area contributed by atoms with Crippen molar-refractivity contribution >= 4 is 35.7 Å². The molecule has 1 aliphatic carbocycles. The summed E-state index contributed by atoms with van der Waals surface area (Å²) in [6, 6.07) is 13.6. The van der Waals surface area contributed by atoms with E-state index in [1.807, 2.05) is 23.1 Å². The second-order valence-electron chi connectivity index (χ2n) is 14.9. The molecule has 12 heteroatoms. The minimum absolute atomic E-state index is 0.0806. The molecule has 1 aliphatic heterocycles. The number of anilines is 1. The number of amides is 1. The van der Waals surface area contributed by atoms with E-state index in [0.29, 0.717) is 42.0 Å². The first-order chi connectivity index (χ1) is 23.8. The number of aryl methyl sites for hydroxylation is 2. The molecule has 0 saturated heterocycles. The lowest BCUT2D eigenvalue weighted by Gasteiger charge is -2.25. The van der Waals surface area contributed by atoms with Gasteiger partial charge < -0.3 is 9.26 Å². The maximum atomic E-state index is 14.6. The summed E-state index contributed by atoms with van der Waals surface area (Å²) < 4.78 is 55.7. The van der Waals surface area contributed by atoms with Crippen LogP contribution < -0.4 is 4.31 Å². The number of benzene rings is 2. The van der Waals surface area contributed by atoms with Crippen LogP contribution in [0.2, 0.25) is 25.7 Å². The van der Waals surface area contributed by atoms with Crippen molar-refractivity contribution in [3.05, 3.63) is 64.8 Å². The molecular weight excluding hydrogens is 672 g/mol. The average Bonchev–Trinajstić information content (AvgIpc) is 3.76. The molecular formula is C38H53FN4O5SSi. The monoisotopic (exact) mass is 724 g/mol. The zero-order valence-corrected chi connectivity index (χ0v) is 32.4. The van der Waals surface area contributed by atoms with Gasteiger partial charge in [0.1, 0.15) is 18.1 Å². The number of rotatable bonds is 17. The molecule has 1 fully saturated rings. The standard InChI is InChI=1S/C38H53FN4O5SSi/c1-7-8-17-35-40-38(20-11-12-21-38)37(44)42(35)26-30-18-19-32(31(25-30)14-13-22-39)33-15-9-10-16-34(33)49(45,46)43(27-47-23-24-50(4,5)6)36-28(2)29(3)41-48-36/h9-10,15-16,18-19,25H,7-8,11-14,17,20-24,26-27H2,1-6H3. The van der Waals surface area contributed by atoms with Crippen LogP contribution >= 0.6 is 0 Å². The highest BCUT2D eigenvalue weighted by molar-refractivity contribution is 7.93. The van der Waals surface area contributed by atoms with Crippen LogP contribution in [-0.4, -0.2) is 63.8 Å². The zero-order chi connectivity index (χ0) is 36.1. The van der Waals surface area contributed by atoms with Crippen LogP contribution in [0.5, 0.6) is 0 Å². The third kappa shape index (κ3) is 8.23. The van der Waals surface area contributed by atoms with Crippen molar-refractivity contribution in [1.82, 2.24) is 10.1 Å². The lowest BCUT2D eigenvalue weighted by molar-refractivity contribution is -0.131. The minimum atomic E-state index is -4.22. The molecule has 272 valence electrons. The number of aliphatic imine (C=N–C) groups is 1. The van der Waals surface area contributed by atoms with Crippen molar-refractivity contribution in [1.29, 1.82) is 0 Å². The molecule has 1 aromatic heterocycles. The molecule has 0 atom stereocenters. The molecule has 0 bridgehead atoms. The fourth-order valence-electron chi connectivity index (χ4n) is 6.78. The quantitative estimate of drug-likeness (QED) is 0.0785. The molecule has 0 N–H and O–H groups in total. The van der Waals surface area contributed by atoms with Crippen LogP contribution in [0.3, 0.4) is 0 Å². The van der Waals surface area contributed by atoms with Gasteiger partial charge in [0.05, 0.1) is 23.8 Å². The summed E-state index contributed by atoms with van der Waals surface area (Å²) in [5, 5.41) is 4.04. The van der Waals surface area contributed by atoms with Gasteiger partial charge in [-0.15, -0.1) is 0 Å². The Hall–Kier alpha value is -3.35. The highest BCUT2D eigenvalue weighted by Crippen LogP contribution is 2.41. The van der Waals surface area contributed by atoms with E-state index in [1.165, 1.54) is 0 Å². The molecule has 0 unspecified atom stereocenters. The molecule has 2 heterocycles. The molecule has 9 nitrogen and oxygen atoms in total. The first-order valence-corrected chi connectivity index (χ1v) is 23.2. The van der Waals surface area contributed by atoms with Crippen LogP contribution in [0.1, 0.15) is 80.7 Å². The summed E-state index contributed by atoms with van der Waals surface area (Å²) >= 11 is 0. The van der Waals surface area contributed by atoms with Gasteiger partial charge in [-0.2, -0.15) is 0 Å². The molecule has 2 aromatic carbocycles. The Kier molecular flexibility index (Phi) is 12.0. The third-order valence-electron chi connectivity index (χ3n) is 9.88. The predicted octanol–water partition coefficient (Wildman–Crippen LogP) is 8.61. The van der Waals surface area contributed by atoms with Gasteiger partial charge in [-0.05, 0) is 74.8 Å². The SMILES string of the molecule is CCCCC1=NC2(CCCC2)C(=O)N1Cc1ccc(-c2ccccc2S(=O)(=O)N(COCC[Si](C)(C)C)c2onc(C)c2C)c(CCCF)c1. The number of amidine groups is 1. The molecule has 3 aromatic rings. The largest absolute Gasteiger partial charge is 0.360 e. The van der Waals surface area contributed by atoms with Crippen LogP contribution in [0.15, 0.2) is 56.9 Å². The van der Waals surface area contributed by atoms with Crippen molar-refractivity contribution in [3.8, 4) is 11.1 Å². The number of unbranched alkanes of at least 4 members (excludes halogenated alkanes) is 1. The highest BCUT2D eigenvalue weighted by Gasteiger charge is 2.49. The summed E-state index contributed by atoms with van der Waals surface area (Å²) in [6.45, 7) is 12.5. The number of carbonyl (C=O) groups excluding carboxylic acids is 1. The number of sulfonamides is 1. The maximum Gasteiger partial charge on any atom is 0.269 e. The van der Waals surface area contributed by atoms with Gasteiger partial charge in [-0.1, -0.05) is 87.4 Å². The van der Waals surface area contributed by atoms with Crippen LogP contribution in [-0.2, 0) is 32.5 Å². The molecule has 0 radical (unpaired) electrons. The molecule has 5 rings (SSSR count). The number of hydrogen-bond donors (Lipinski definition) is 0. The number of aromatic nitrogens is 1. The fraction of sp³-hybridized carbons (Fsp3) is 0.553. The fourth-order valence-corrected chi connectivity index (χ4v) is 9.09. The summed E-state index contributed by atoms with van der Waals surface area (Å²) in [5.74, 6) is 1.06. The van der Waals surface area contributed by atoms with E-state index < -0.39 is 30.3 Å². The summed E-state index contributed by atoms with van der Waals surface area (Å²) in [4.78, 5) is 20.8. The zero-order valence-electron chi connectivity index (χ0n) is 30.6. The highest BCUT2D eigenvalue weighted by atomic mass is 32.2. The van der Waals surface area contributed by atoms with Gasteiger partial charge in [-0.3, -0.25) is 19.1 Å². The first-order valence-electron chi connectivity index (χ1n) is 18.0. The Morgan fingerprint density at radius 2 is 1.78 bits per heavy atom. The number of halogens is 1. The third-order valence-corrected chi connectivity index (χ3v) is 13.3. The van der Waals surface area contributed by atoms with Crippen LogP contribution in [0.4, 0.5) is 10.3 Å². The molecule has 50 heavy (non-hydrogen) atoms. The van der Waals surface area contributed by atoms with Crippen molar-refractivity contribution in [2.75, 3.05) is 24.3 Å². The van der Waals surface area contributed by atoms with E-state index in [9.17, 15) is 17.6 Å². The van der Waals surface area contributed by atoms with E-state index in [2.05, 4.69) is 31.7 Å². The number of nitrogens with zero attached hydrogens (tertiary/aromatic N) is 4. The molecule has 1 amide bonds. The number of hydrogen-bond acceptors (Lipinski definition) is 7. The average molecular weight is 725 g/mol. The number of ether oxygens (including phenoxy) is 1. The topological polar surface area (TPSA) is 105 Å². The Bertz CT molecular complexity index is 1800. The smallest absolute Gasteiger partial charge is 0.269 e. The predicted molar refractivity (Wildman–Crippen MR) is 199 cm³/mol. The normalized spacial score (nSPS) is 16.1. The summed E-state index contributed by atoms with van der Waals surface area (Å²) in [6.07, 6.45) is 7.01. The number of alkyl halides is 1. The van der Waals surface area contributed by atoms with E-state index in [1.54, 1.807) is 38.1 Å².